The molecule has 1 aliphatic rings. The first-order valence-corrected chi connectivity index (χ1v) is 18.8. The van der Waals surface area contributed by atoms with Crippen LogP contribution in [0.25, 0.3) is 11.3 Å². The van der Waals surface area contributed by atoms with Crippen LogP contribution < -0.4 is 15.0 Å². The maximum atomic E-state index is 13.5. The number of benzene rings is 1. The number of methoxy groups -OCH3 is 1. The molecular formula is C34H45ClN6O5Si. The van der Waals surface area contributed by atoms with Crippen LogP contribution in [0.1, 0.15) is 59.6 Å². The van der Waals surface area contributed by atoms with Gasteiger partial charge in [0.1, 0.15) is 24.0 Å². The zero-order chi connectivity index (χ0) is 34.8. The molecule has 0 spiro atoms. The number of carbonyl (C=O) groups excluding carboxylic acids is 1. The Balaban J connectivity index is 1.77. The highest BCUT2D eigenvalue weighted by molar-refractivity contribution is 6.74. The van der Waals surface area contributed by atoms with Gasteiger partial charge in [-0.1, -0.05) is 39.3 Å². The highest BCUT2D eigenvalue weighted by atomic mass is 35.5. The molecule has 1 N–H and O–H groups in total. The first-order chi connectivity index (χ1) is 21.9. The van der Waals surface area contributed by atoms with Crippen molar-refractivity contribution >= 4 is 43.3 Å². The van der Waals surface area contributed by atoms with E-state index in [2.05, 4.69) is 62.1 Å². The Kier molecular flexibility index (Phi) is 10.6. The van der Waals surface area contributed by atoms with E-state index in [-0.39, 0.29) is 11.0 Å². The summed E-state index contributed by atoms with van der Waals surface area (Å²) in [6, 6.07) is 9.49. The molecule has 0 fully saturated rings. The number of hydrogen-bond donors (Lipinski definition) is 1. The number of carbonyl (C=O) groups is 1. The van der Waals surface area contributed by atoms with Gasteiger partial charge in [0.15, 0.2) is 8.32 Å². The van der Waals surface area contributed by atoms with Crippen molar-refractivity contribution in [1.82, 2.24) is 15.0 Å². The Bertz CT molecular complexity index is 1670. The van der Waals surface area contributed by atoms with E-state index < -0.39 is 25.4 Å². The van der Waals surface area contributed by atoms with Crippen molar-refractivity contribution in [3.8, 4) is 23.2 Å². The molecule has 1 aromatic carbocycles. The molecule has 0 aliphatic carbocycles. The molecule has 0 saturated heterocycles. The van der Waals surface area contributed by atoms with Gasteiger partial charge in [0.25, 0.3) is 0 Å². The normalized spacial score (nSPS) is 16.4. The second kappa shape index (κ2) is 13.8. The van der Waals surface area contributed by atoms with E-state index in [1.807, 2.05) is 26.8 Å². The third-order valence-electron chi connectivity index (χ3n) is 8.37. The van der Waals surface area contributed by atoms with E-state index in [1.54, 1.807) is 36.4 Å². The molecule has 4 rings (SSSR count). The molecule has 1 atom stereocenters. The monoisotopic (exact) mass is 680 g/mol. The number of nitrogens with zero attached hydrogens (tertiary/aromatic N) is 5. The summed E-state index contributed by atoms with van der Waals surface area (Å²) in [5.41, 5.74) is 2.09. The molecule has 13 heteroatoms. The van der Waals surface area contributed by atoms with E-state index in [0.29, 0.717) is 65.5 Å². The summed E-state index contributed by atoms with van der Waals surface area (Å²) in [4.78, 5) is 28.6. The zero-order valence-electron chi connectivity index (χ0n) is 28.9. The van der Waals surface area contributed by atoms with E-state index >= 15 is 0 Å². The molecule has 0 radical (unpaired) electrons. The summed E-state index contributed by atoms with van der Waals surface area (Å²) < 4.78 is 23.4. The number of anilines is 3. The second-order valence-corrected chi connectivity index (χ2v) is 19.7. The molecule has 1 amide bonds. The van der Waals surface area contributed by atoms with Gasteiger partial charge in [-0.2, -0.15) is 5.26 Å². The summed E-state index contributed by atoms with van der Waals surface area (Å²) in [6.07, 6.45) is 2.61. The van der Waals surface area contributed by atoms with Crippen molar-refractivity contribution in [3.63, 3.8) is 0 Å². The fourth-order valence-corrected chi connectivity index (χ4v) is 6.11. The molecule has 252 valence electrons. The fourth-order valence-electron chi connectivity index (χ4n) is 4.84. The minimum absolute atomic E-state index is 0.00709. The quantitative estimate of drug-likeness (QED) is 0.167. The van der Waals surface area contributed by atoms with Gasteiger partial charge in [-0.05, 0) is 68.7 Å². The van der Waals surface area contributed by atoms with Gasteiger partial charge in [0.2, 0.25) is 11.8 Å². The Morgan fingerprint density at radius 3 is 2.51 bits per heavy atom. The van der Waals surface area contributed by atoms with Crippen LogP contribution in [0.2, 0.25) is 23.2 Å². The number of pyridine rings is 1. The minimum atomic E-state index is -2.15. The number of nitrogens with one attached hydrogen (secondary N) is 1. The third kappa shape index (κ3) is 8.40. The molecule has 2 aromatic heterocycles. The predicted octanol–water partition coefficient (Wildman–Crippen LogP) is 7.87. The number of nitriles is 1. The van der Waals surface area contributed by atoms with Gasteiger partial charge in [0, 0.05) is 43.6 Å². The number of ether oxygens (including phenoxy) is 3. The second-order valence-electron chi connectivity index (χ2n) is 14.4. The molecule has 0 bridgehead atoms. The van der Waals surface area contributed by atoms with Crippen LogP contribution in [0.3, 0.4) is 0 Å². The van der Waals surface area contributed by atoms with Crippen LogP contribution in [0, 0.1) is 11.3 Å². The van der Waals surface area contributed by atoms with Gasteiger partial charge in [-0.15, -0.1) is 0 Å². The molecular weight excluding hydrogens is 636 g/mol. The van der Waals surface area contributed by atoms with Crippen molar-refractivity contribution in [1.29, 1.82) is 5.26 Å². The Labute approximate surface area is 283 Å². The van der Waals surface area contributed by atoms with Gasteiger partial charge in [0.05, 0.1) is 28.6 Å². The summed E-state index contributed by atoms with van der Waals surface area (Å²) in [5.74, 6) is 0.603. The lowest BCUT2D eigenvalue weighted by Gasteiger charge is -2.39. The molecule has 1 aliphatic heterocycles. The van der Waals surface area contributed by atoms with Crippen LogP contribution in [0.5, 0.6) is 5.88 Å². The predicted molar refractivity (Wildman–Crippen MR) is 186 cm³/mol. The number of hydrogen-bond acceptors (Lipinski definition) is 10. The average Bonchev–Trinajstić information content (AvgIpc) is 3.28. The Morgan fingerprint density at radius 1 is 1.15 bits per heavy atom. The van der Waals surface area contributed by atoms with Gasteiger partial charge in [-0.3, -0.25) is 4.90 Å². The summed E-state index contributed by atoms with van der Waals surface area (Å²) in [5, 5.41) is 14.0. The van der Waals surface area contributed by atoms with Crippen LogP contribution in [-0.4, -0.2) is 68.4 Å². The molecule has 3 heterocycles. The lowest BCUT2D eigenvalue weighted by molar-refractivity contribution is 0.0575. The number of rotatable bonds is 10. The number of halogens is 1. The maximum absolute atomic E-state index is 13.5. The Morgan fingerprint density at radius 2 is 1.87 bits per heavy atom. The SMILES string of the molecule is COCCOc1ncc(Cl)cc1Nc1nccc(-c2cc(C#N)c3c(c2)[C@@](C)(CO[Si](C)(C)C(C)(C)C)CN3C(=O)OC(C)(C)C)n1. The zero-order valence-corrected chi connectivity index (χ0v) is 30.7. The van der Waals surface area contributed by atoms with E-state index in [4.69, 9.17) is 35.2 Å². The van der Waals surface area contributed by atoms with Crippen LogP contribution in [0.15, 0.2) is 36.7 Å². The van der Waals surface area contributed by atoms with E-state index in [0.717, 1.165) is 5.56 Å². The summed E-state index contributed by atoms with van der Waals surface area (Å²) >= 11 is 6.23. The lowest BCUT2D eigenvalue weighted by atomic mass is 9.83. The summed E-state index contributed by atoms with van der Waals surface area (Å²) in [6.45, 7) is 19.9. The Hall–Kier alpha value is -3.76. The third-order valence-corrected chi connectivity index (χ3v) is 13.1. The number of aromatic nitrogens is 3. The standard InChI is InChI=1S/C34H45ClN6O5Si/c1-32(2,3)46-31(42)41-20-34(7,21-45-47(9,10)33(4,5)6)25-16-22(15-23(18-36)28(25)41)26-11-12-37-30(39-26)40-27-17-24(35)19-38-29(27)44-14-13-43-8/h11-12,15-17,19H,13-14,20-21H2,1-10H3,(H,37,39,40)/t34-/m1/s1. The van der Waals surface area contributed by atoms with Crippen molar-refractivity contribution in [2.75, 3.05) is 43.7 Å². The largest absolute Gasteiger partial charge is 0.474 e. The van der Waals surface area contributed by atoms with E-state index in [9.17, 15) is 10.1 Å². The topological polar surface area (TPSA) is 132 Å². The van der Waals surface area contributed by atoms with Crippen molar-refractivity contribution < 1.29 is 23.4 Å². The lowest BCUT2D eigenvalue weighted by Crippen LogP contribution is -2.46. The first-order valence-electron chi connectivity index (χ1n) is 15.5. The minimum Gasteiger partial charge on any atom is -0.474 e. The first kappa shape index (κ1) is 36.1. The van der Waals surface area contributed by atoms with Gasteiger partial charge in [-0.25, -0.2) is 19.7 Å². The molecule has 3 aromatic rings. The fraction of sp³-hybridized carbons (Fsp3) is 0.500. The molecule has 11 nitrogen and oxygen atoms in total. The summed E-state index contributed by atoms with van der Waals surface area (Å²) in [7, 11) is -0.562. The van der Waals surface area contributed by atoms with Crippen molar-refractivity contribution in [3.05, 3.63) is 52.8 Å². The van der Waals surface area contributed by atoms with Gasteiger partial charge >= 0.3 is 6.09 Å². The number of fused-ring (bicyclic) bond motifs is 1. The van der Waals surface area contributed by atoms with E-state index in [1.165, 1.54) is 6.20 Å². The molecule has 0 saturated carbocycles. The van der Waals surface area contributed by atoms with Crippen LogP contribution in [0.4, 0.5) is 22.1 Å². The molecule has 0 unspecified atom stereocenters. The maximum Gasteiger partial charge on any atom is 0.414 e. The number of amides is 1. The van der Waals surface area contributed by atoms with Crippen LogP contribution >= 0.6 is 11.6 Å². The van der Waals surface area contributed by atoms with Gasteiger partial charge < -0.3 is 24.0 Å². The smallest absolute Gasteiger partial charge is 0.414 e. The molecule has 47 heavy (non-hydrogen) atoms. The average molecular weight is 681 g/mol. The highest BCUT2D eigenvalue weighted by Gasteiger charge is 2.47. The van der Waals surface area contributed by atoms with Crippen molar-refractivity contribution in [2.45, 2.75) is 77.6 Å². The van der Waals surface area contributed by atoms with Crippen LogP contribution in [-0.2, 0) is 19.3 Å². The highest BCUT2D eigenvalue weighted by Crippen LogP contribution is 2.47. The van der Waals surface area contributed by atoms with Crippen molar-refractivity contribution in [2.24, 2.45) is 0 Å².